The van der Waals surface area contributed by atoms with Crippen LogP contribution in [0.4, 0.5) is 4.39 Å². The summed E-state index contributed by atoms with van der Waals surface area (Å²) in [5.41, 5.74) is 0.676. The van der Waals surface area contributed by atoms with Crippen LogP contribution < -0.4 is 5.32 Å². The van der Waals surface area contributed by atoms with Crippen molar-refractivity contribution in [2.24, 2.45) is 5.92 Å². The van der Waals surface area contributed by atoms with Gasteiger partial charge in [-0.05, 0) is 49.6 Å². The van der Waals surface area contributed by atoms with Crippen molar-refractivity contribution in [1.29, 1.82) is 0 Å². The highest BCUT2D eigenvalue weighted by Gasteiger charge is 2.41. The summed E-state index contributed by atoms with van der Waals surface area (Å²) < 4.78 is 19.2. The molecule has 0 bridgehead atoms. The first-order valence-corrected chi connectivity index (χ1v) is 6.56. The Balaban J connectivity index is 2.12. The largest absolute Gasteiger partial charge is 0.459 e. The third-order valence-corrected chi connectivity index (χ3v) is 4.09. The normalized spacial score (nSPS) is 24.2. The maximum absolute atomic E-state index is 13.2. The smallest absolute Gasteiger partial charge is 0.134 e. The van der Waals surface area contributed by atoms with Crippen LogP contribution in [0, 0.1) is 11.7 Å². The quantitative estimate of drug-likeness (QED) is 0.873. The molecule has 2 nitrogen and oxygen atoms in total. The van der Waals surface area contributed by atoms with Crippen molar-refractivity contribution in [2.45, 2.75) is 32.2 Å². The SMILES string of the molecule is CC(C)C1(c2cc3cc(F)ccc3o2)CCCN1. The Kier molecular flexibility index (Phi) is 2.67. The Bertz CT molecular complexity index is 567. The fourth-order valence-corrected chi connectivity index (χ4v) is 2.99. The monoisotopic (exact) mass is 247 g/mol. The zero-order chi connectivity index (χ0) is 12.8. The Morgan fingerprint density at radius 1 is 1.33 bits per heavy atom. The lowest BCUT2D eigenvalue weighted by Gasteiger charge is -2.31. The molecule has 1 atom stereocenters. The van der Waals surface area contributed by atoms with Crippen LogP contribution in [0.25, 0.3) is 11.0 Å². The standard InChI is InChI=1S/C15H18FNO/c1-10(2)15(6-3-7-17-15)14-9-11-8-12(16)4-5-13(11)18-14/h4-5,8-10,17H,3,6-7H2,1-2H3. The summed E-state index contributed by atoms with van der Waals surface area (Å²) in [6.07, 6.45) is 2.23. The van der Waals surface area contributed by atoms with Gasteiger partial charge >= 0.3 is 0 Å². The number of furan rings is 1. The lowest BCUT2D eigenvalue weighted by molar-refractivity contribution is 0.231. The molecule has 3 rings (SSSR count). The Morgan fingerprint density at radius 3 is 2.83 bits per heavy atom. The summed E-state index contributed by atoms with van der Waals surface area (Å²) in [7, 11) is 0. The van der Waals surface area contributed by atoms with Gasteiger partial charge < -0.3 is 9.73 Å². The average molecular weight is 247 g/mol. The van der Waals surface area contributed by atoms with Crippen molar-refractivity contribution in [1.82, 2.24) is 5.32 Å². The Hall–Kier alpha value is -1.35. The van der Waals surface area contributed by atoms with E-state index in [9.17, 15) is 4.39 Å². The average Bonchev–Trinajstić information content (AvgIpc) is 2.94. The van der Waals surface area contributed by atoms with Gasteiger partial charge in [0.2, 0.25) is 0 Å². The minimum Gasteiger partial charge on any atom is -0.459 e. The fourth-order valence-electron chi connectivity index (χ4n) is 2.99. The molecule has 18 heavy (non-hydrogen) atoms. The number of rotatable bonds is 2. The molecule has 3 heteroatoms. The van der Waals surface area contributed by atoms with Crippen LogP contribution >= 0.6 is 0 Å². The van der Waals surface area contributed by atoms with E-state index in [2.05, 4.69) is 19.2 Å². The maximum Gasteiger partial charge on any atom is 0.134 e. The van der Waals surface area contributed by atoms with Gasteiger partial charge in [0.05, 0.1) is 5.54 Å². The molecule has 0 amide bonds. The summed E-state index contributed by atoms with van der Waals surface area (Å²) in [5, 5.41) is 4.42. The van der Waals surface area contributed by atoms with Crippen LogP contribution in [-0.4, -0.2) is 6.54 Å². The molecule has 1 aromatic heterocycles. The predicted octanol–water partition coefficient (Wildman–Crippen LogP) is 3.81. The number of halogens is 1. The van der Waals surface area contributed by atoms with E-state index < -0.39 is 0 Å². The molecule has 0 spiro atoms. The Labute approximate surface area is 106 Å². The third-order valence-electron chi connectivity index (χ3n) is 4.09. The highest BCUT2D eigenvalue weighted by molar-refractivity contribution is 5.78. The first-order valence-electron chi connectivity index (χ1n) is 6.56. The molecule has 1 aliphatic rings. The molecule has 0 saturated carbocycles. The van der Waals surface area contributed by atoms with E-state index in [-0.39, 0.29) is 11.4 Å². The van der Waals surface area contributed by atoms with Gasteiger partial charge in [0, 0.05) is 5.39 Å². The van der Waals surface area contributed by atoms with Gasteiger partial charge in [0.1, 0.15) is 17.2 Å². The molecule has 2 heterocycles. The molecule has 0 radical (unpaired) electrons. The van der Waals surface area contributed by atoms with Crippen LogP contribution in [0.5, 0.6) is 0 Å². The summed E-state index contributed by atoms with van der Waals surface area (Å²) in [6, 6.07) is 6.67. The molecular formula is C15H18FNO. The van der Waals surface area contributed by atoms with Gasteiger partial charge in [-0.15, -0.1) is 0 Å². The van der Waals surface area contributed by atoms with Gasteiger partial charge in [-0.3, -0.25) is 0 Å². The van der Waals surface area contributed by atoms with E-state index in [1.807, 2.05) is 6.07 Å². The highest BCUT2D eigenvalue weighted by Crippen LogP contribution is 2.40. The van der Waals surface area contributed by atoms with E-state index in [0.29, 0.717) is 5.92 Å². The van der Waals surface area contributed by atoms with Crippen molar-refractivity contribution < 1.29 is 8.81 Å². The van der Waals surface area contributed by atoms with Crippen molar-refractivity contribution in [3.8, 4) is 0 Å². The molecule has 96 valence electrons. The maximum atomic E-state index is 13.2. The topological polar surface area (TPSA) is 25.2 Å². The second-order valence-corrected chi connectivity index (χ2v) is 5.45. The summed E-state index contributed by atoms with van der Waals surface area (Å²) >= 11 is 0. The van der Waals surface area contributed by atoms with Crippen LogP contribution in [0.2, 0.25) is 0 Å². The van der Waals surface area contributed by atoms with E-state index in [4.69, 9.17) is 4.42 Å². The first-order chi connectivity index (χ1) is 8.62. The number of benzene rings is 1. The van der Waals surface area contributed by atoms with Gasteiger partial charge in [-0.2, -0.15) is 0 Å². The molecule has 1 aliphatic heterocycles. The molecular weight excluding hydrogens is 229 g/mol. The van der Waals surface area contributed by atoms with Crippen LogP contribution in [0.15, 0.2) is 28.7 Å². The number of nitrogens with one attached hydrogen (secondary N) is 1. The van der Waals surface area contributed by atoms with Crippen molar-refractivity contribution >= 4 is 11.0 Å². The van der Waals surface area contributed by atoms with Gasteiger partial charge in [-0.25, -0.2) is 4.39 Å². The van der Waals surface area contributed by atoms with Crippen molar-refractivity contribution in [2.75, 3.05) is 6.54 Å². The second-order valence-electron chi connectivity index (χ2n) is 5.45. The molecule has 1 saturated heterocycles. The van der Waals surface area contributed by atoms with Gasteiger partial charge in [0.25, 0.3) is 0 Å². The fraction of sp³-hybridized carbons (Fsp3) is 0.467. The van der Waals surface area contributed by atoms with E-state index >= 15 is 0 Å². The van der Waals surface area contributed by atoms with Crippen molar-refractivity contribution in [3.63, 3.8) is 0 Å². The van der Waals surface area contributed by atoms with Crippen LogP contribution in [0.1, 0.15) is 32.4 Å². The minimum absolute atomic E-state index is 0.0878. The predicted molar refractivity (Wildman–Crippen MR) is 69.9 cm³/mol. The molecule has 1 fully saturated rings. The second kappa shape index (κ2) is 4.09. The van der Waals surface area contributed by atoms with E-state index in [0.717, 1.165) is 36.1 Å². The minimum atomic E-state index is -0.215. The van der Waals surface area contributed by atoms with Gasteiger partial charge in [0.15, 0.2) is 0 Å². The molecule has 2 aromatic rings. The van der Waals surface area contributed by atoms with E-state index in [1.165, 1.54) is 12.1 Å². The number of hydrogen-bond acceptors (Lipinski definition) is 2. The molecule has 1 unspecified atom stereocenters. The van der Waals surface area contributed by atoms with Crippen LogP contribution in [-0.2, 0) is 5.54 Å². The Morgan fingerprint density at radius 2 is 2.17 bits per heavy atom. The number of fused-ring (bicyclic) bond motifs is 1. The first kappa shape index (κ1) is 11.7. The summed E-state index contributed by atoms with van der Waals surface area (Å²) in [5.74, 6) is 1.17. The molecule has 0 aliphatic carbocycles. The lowest BCUT2D eigenvalue weighted by atomic mass is 9.82. The lowest BCUT2D eigenvalue weighted by Crippen LogP contribution is -2.41. The third kappa shape index (κ3) is 1.65. The number of hydrogen-bond donors (Lipinski definition) is 1. The molecule has 1 N–H and O–H groups in total. The summed E-state index contributed by atoms with van der Waals surface area (Å²) in [4.78, 5) is 0. The highest BCUT2D eigenvalue weighted by atomic mass is 19.1. The van der Waals surface area contributed by atoms with Crippen molar-refractivity contribution in [3.05, 3.63) is 35.8 Å². The summed E-state index contributed by atoms with van der Waals surface area (Å²) in [6.45, 7) is 5.42. The van der Waals surface area contributed by atoms with E-state index in [1.54, 1.807) is 6.07 Å². The molecule has 1 aromatic carbocycles. The zero-order valence-corrected chi connectivity index (χ0v) is 10.8. The zero-order valence-electron chi connectivity index (χ0n) is 10.8. The van der Waals surface area contributed by atoms with Crippen LogP contribution in [0.3, 0.4) is 0 Å². The van der Waals surface area contributed by atoms with Gasteiger partial charge in [-0.1, -0.05) is 13.8 Å².